The molecule has 9 nitrogen and oxygen atoms in total. The van der Waals surface area contributed by atoms with Gasteiger partial charge in [-0.3, -0.25) is 4.79 Å². The van der Waals surface area contributed by atoms with E-state index in [9.17, 15) is 18.4 Å². The van der Waals surface area contributed by atoms with Gasteiger partial charge in [0.2, 0.25) is 5.91 Å². The number of rotatable bonds is 7. The first-order valence-corrected chi connectivity index (χ1v) is 16.8. The minimum atomic E-state index is -0.893. The smallest absolute Gasteiger partial charge is 0.407 e. The Morgan fingerprint density at radius 3 is 2.29 bits per heavy atom. The highest BCUT2D eigenvalue weighted by atomic mass is 19.2. The Balaban J connectivity index is 1.05. The monoisotopic (exact) mass is 678 g/mol. The van der Waals surface area contributed by atoms with Gasteiger partial charge in [0.25, 0.3) is 0 Å². The molecule has 3 aliphatic heterocycles. The maximum absolute atomic E-state index is 15.7. The number of nitrogens with zero attached hydrogens (tertiary/aromatic N) is 4. The summed E-state index contributed by atoms with van der Waals surface area (Å²) in [5.41, 5.74) is 3.65. The molecule has 0 unspecified atom stereocenters. The van der Waals surface area contributed by atoms with Gasteiger partial charge in [-0.1, -0.05) is 12.1 Å². The van der Waals surface area contributed by atoms with Crippen molar-refractivity contribution < 1.29 is 31.9 Å². The number of alkyl carbamates (subject to hydrolysis) is 1. The van der Waals surface area contributed by atoms with E-state index in [1.807, 2.05) is 23.1 Å². The molecule has 4 heterocycles. The molecule has 0 aliphatic carbocycles. The number of halogens is 4. The van der Waals surface area contributed by atoms with E-state index in [1.165, 1.54) is 25.3 Å². The molecule has 258 valence electrons. The predicted octanol–water partition coefficient (Wildman–Crippen LogP) is 6.86. The van der Waals surface area contributed by atoms with Gasteiger partial charge in [0.15, 0.2) is 23.3 Å². The fourth-order valence-electron chi connectivity index (χ4n) is 7.72. The number of carbonyl (C=O) groups is 2. The molecule has 3 fully saturated rings. The number of ether oxygens (including phenoxy) is 1. The van der Waals surface area contributed by atoms with Crippen molar-refractivity contribution in [2.24, 2.45) is 0 Å². The number of carbonyl (C=O) groups excluding carboxylic acids is 2. The topological polar surface area (TPSA) is 93.8 Å². The predicted molar refractivity (Wildman–Crippen MR) is 176 cm³/mol. The van der Waals surface area contributed by atoms with Crippen LogP contribution in [-0.2, 0) is 9.53 Å². The third kappa shape index (κ3) is 6.50. The minimum Gasteiger partial charge on any atom is -0.453 e. The van der Waals surface area contributed by atoms with Crippen LogP contribution < -0.4 is 15.1 Å². The third-order valence-electron chi connectivity index (χ3n) is 10.2. The zero-order chi connectivity index (χ0) is 34.2. The van der Waals surface area contributed by atoms with Crippen LogP contribution in [0.1, 0.15) is 73.5 Å². The third-order valence-corrected chi connectivity index (χ3v) is 10.2. The summed E-state index contributed by atoms with van der Waals surface area (Å²) >= 11 is 0. The van der Waals surface area contributed by atoms with Crippen molar-refractivity contribution >= 4 is 34.4 Å². The van der Waals surface area contributed by atoms with Gasteiger partial charge in [0.1, 0.15) is 18.1 Å². The van der Waals surface area contributed by atoms with Gasteiger partial charge in [0, 0.05) is 31.9 Å². The summed E-state index contributed by atoms with van der Waals surface area (Å²) in [6.45, 7) is 1.84. The molecule has 2 amide bonds. The number of aromatic nitrogens is 2. The highest BCUT2D eigenvalue weighted by Crippen LogP contribution is 2.41. The number of nitrogens with one attached hydrogen (secondary N) is 2. The highest BCUT2D eigenvalue weighted by Gasteiger charge is 2.33. The van der Waals surface area contributed by atoms with Crippen LogP contribution in [0.2, 0.25) is 0 Å². The number of fused-ring (bicyclic) bond motifs is 1. The molecule has 3 aromatic carbocycles. The van der Waals surface area contributed by atoms with E-state index in [0.717, 1.165) is 48.3 Å². The fourth-order valence-corrected chi connectivity index (χ4v) is 7.72. The molecule has 0 radical (unpaired) electrons. The van der Waals surface area contributed by atoms with Crippen LogP contribution >= 0.6 is 0 Å². The maximum atomic E-state index is 15.7. The lowest BCUT2D eigenvalue weighted by Gasteiger charge is -2.35. The lowest BCUT2D eigenvalue weighted by Crippen LogP contribution is -2.40. The van der Waals surface area contributed by atoms with E-state index in [-0.39, 0.29) is 36.1 Å². The molecule has 0 bridgehead atoms. The summed E-state index contributed by atoms with van der Waals surface area (Å²) in [4.78, 5) is 38.0. The second kappa shape index (κ2) is 13.6. The van der Waals surface area contributed by atoms with Gasteiger partial charge in [-0.15, -0.1) is 0 Å². The Bertz CT molecular complexity index is 1850. The Hall–Kier alpha value is -4.81. The number of methoxy groups -OCH3 is 1. The van der Waals surface area contributed by atoms with Crippen LogP contribution in [0, 0.1) is 23.3 Å². The van der Waals surface area contributed by atoms with Crippen molar-refractivity contribution in [2.45, 2.75) is 56.5 Å². The van der Waals surface area contributed by atoms with Gasteiger partial charge < -0.3 is 29.7 Å². The zero-order valence-electron chi connectivity index (χ0n) is 27.2. The van der Waals surface area contributed by atoms with Crippen LogP contribution in [0.4, 0.5) is 33.7 Å². The van der Waals surface area contributed by atoms with Gasteiger partial charge >= 0.3 is 6.09 Å². The van der Waals surface area contributed by atoms with E-state index in [4.69, 9.17) is 4.98 Å². The molecule has 2 atom stereocenters. The van der Waals surface area contributed by atoms with Crippen LogP contribution in [0.3, 0.4) is 0 Å². The number of anilines is 2. The normalized spacial score (nSPS) is 20.0. The Kier molecular flexibility index (Phi) is 9.08. The van der Waals surface area contributed by atoms with E-state index >= 15 is 8.78 Å². The van der Waals surface area contributed by atoms with E-state index in [1.54, 1.807) is 15.9 Å². The zero-order valence-corrected chi connectivity index (χ0v) is 27.2. The lowest BCUT2D eigenvalue weighted by atomic mass is 9.89. The van der Waals surface area contributed by atoms with Crippen LogP contribution in [0.25, 0.3) is 11.0 Å². The van der Waals surface area contributed by atoms with Crippen LogP contribution in [0.5, 0.6) is 0 Å². The molecule has 3 saturated heterocycles. The first-order chi connectivity index (χ1) is 23.7. The van der Waals surface area contributed by atoms with Crippen molar-refractivity contribution in [3.05, 3.63) is 88.8 Å². The molecule has 13 heteroatoms. The summed E-state index contributed by atoms with van der Waals surface area (Å²) in [5.74, 6) is -2.59. The Morgan fingerprint density at radius 1 is 0.837 bits per heavy atom. The minimum absolute atomic E-state index is 0.0139. The summed E-state index contributed by atoms with van der Waals surface area (Å²) < 4.78 is 63.1. The number of likely N-dealkylation sites (tertiary alicyclic amines) is 1. The number of benzene rings is 3. The van der Waals surface area contributed by atoms with Gasteiger partial charge in [-0.05, 0) is 92.0 Å². The van der Waals surface area contributed by atoms with Crippen molar-refractivity contribution in [3.8, 4) is 0 Å². The molecule has 4 aromatic rings. The second-order valence-electron chi connectivity index (χ2n) is 13.0. The first-order valence-electron chi connectivity index (χ1n) is 16.8. The summed E-state index contributed by atoms with van der Waals surface area (Å²) in [5, 5.41) is 2.44. The number of hydrogen-bond acceptors (Lipinski definition) is 6. The standard InChI is InChI=1S/C36H38F4N6O3/c1-49-36(48)41-20-33(47)46-13-3-5-32(46)35-42-29-9-7-23(17-30(29)43-35)31-4-2-12-45(31)24-18-27(39)34(28(40)19-24)44-14-10-21(11-15-44)22-6-8-25(37)26(38)16-22/h6-9,16-19,21,31-32H,2-5,10-15,20H2,1H3,(H,41,48)(H,42,43)/t31-,32+/m1/s1. The highest BCUT2D eigenvalue weighted by molar-refractivity contribution is 5.83. The van der Waals surface area contributed by atoms with E-state index in [2.05, 4.69) is 15.0 Å². The SMILES string of the molecule is COC(=O)NCC(=O)N1CCC[C@H]1c1nc2cc([C@H]3CCCN3c3cc(F)c(N4CCC(c5ccc(F)c(F)c5)CC4)c(F)c3)ccc2[nH]1. The van der Waals surface area contributed by atoms with Gasteiger partial charge in [-0.25, -0.2) is 27.3 Å². The number of piperidine rings is 1. The van der Waals surface area contributed by atoms with Crippen LogP contribution in [0.15, 0.2) is 48.5 Å². The van der Waals surface area contributed by atoms with Crippen molar-refractivity contribution in [1.82, 2.24) is 20.2 Å². The van der Waals surface area contributed by atoms with E-state index < -0.39 is 29.4 Å². The molecule has 7 rings (SSSR count). The van der Waals surface area contributed by atoms with Crippen molar-refractivity contribution in [3.63, 3.8) is 0 Å². The summed E-state index contributed by atoms with van der Waals surface area (Å²) in [6.07, 6.45) is 3.70. The number of H-pyrrole nitrogens is 1. The molecule has 49 heavy (non-hydrogen) atoms. The summed E-state index contributed by atoms with van der Waals surface area (Å²) in [7, 11) is 1.24. The second-order valence-corrected chi connectivity index (χ2v) is 13.0. The largest absolute Gasteiger partial charge is 0.453 e. The maximum Gasteiger partial charge on any atom is 0.407 e. The first kappa shape index (κ1) is 32.7. The number of aromatic amines is 1. The molecule has 3 aliphatic rings. The molecule has 1 aromatic heterocycles. The fraction of sp³-hybridized carbons (Fsp3) is 0.417. The van der Waals surface area contributed by atoms with E-state index in [0.29, 0.717) is 56.1 Å². The molecule has 0 saturated carbocycles. The van der Waals surface area contributed by atoms with Gasteiger partial charge in [0.05, 0.1) is 30.2 Å². The summed E-state index contributed by atoms with van der Waals surface area (Å²) in [6, 6.07) is 12.3. The Morgan fingerprint density at radius 2 is 1.55 bits per heavy atom. The molecule has 0 spiro atoms. The quantitative estimate of drug-likeness (QED) is 0.208. The lowest BCUT2D eigenvalue weighted by molar-refractivity contribution is -0.131. The number of amides is 2. The van der Waals surface area contributed by atoms with Crippen molar-refractivity contribution in [1.29, 1.82) is 0 Å². The molecular weight excluding hydrogens is 640 g/mol. The Labute approximate surface area is 281 Å². The average molecular weight is 679 g/mol. The van der Waals surface area contributed by atoms with Gasteiger partial charge in [-0.2, -0.15) is 0 Å². The van der Waals surface area contributed by atoms with Crippen molar-refractivity contribution in [2.75, 3.05) is 49.6 Å². The molecular formula is C36H38F4N6O3. The average Bonchev–Trinajstić information content (AvgIpc) is 3.88. The number of hydrogen-bond donors (Lipinski definition) is 2. The number of imidazole rings is 1. The molecule has 2 N–H and O–H groups in total. The van der Waals surface area contributed by atoms with Crippen LogP contribution in [-0.4, -0.2) is 66.7 Å².